The molecule has 8 nitrogen and oxygen atoms in total. The molecule has 0 fully saturated rings. The monoisotopic (exact) mass is 603 g/mol. The molecule has 220 valence electrons. The third-order valence-corrected chi connectivity index (χ3v) is 7.52. The Hall–Kier alpha value is -3.63. The minimum absolute atomic E-state index is 0.0560. The molecule has 0 heterocycles. The maximum absolute atomic E-state index is 14.9. The number of rotatable bonds is 11. The fraction of sp³-hybridized carbons (Fsp3) is 0.333. The second-order valence-electron chi connectivity index (χ2n) is 10.6. The van der Waals surface area contributed by atoms with E-state index >= 15 is 0 Å². The molecule has 1 N–H and O–H groups in total. The summed E-state index contributed by atoms with van der Waals surface area (Å²) in [6, 6.07) is 18.3. The number of ether oxygens (including phenoxy) is 1. The molecule has 3 aromatic carbocycles. The van der Waals surface area contributed by atoms with Gasteiger partial charge in [0.05, 0.1) is 19.1 Å². The Bertz CT molecular complexity index is 1480. The summed E-state index contributed by atoms with van der Waals surface area (Å²) in [5.41, 5.74) is 0.365. The van der Waals surface area contributed by atoms with E-state index in [2.05, 4.69) is 5.32 Å². The molecule has 11 heteroatoms. The first-order chi connectivity index (χ1) is 19.2. The van der Waals surface area contributed by atoms with Crippen LogP contribution in [0, 0.1) is 5.82 Å². The van der Waals surface area contributed by atoms with Crippen LogP contribution in [0.4, 0.5) is 10.1 Å². The summed E-state index contributed by atoms with van der Waals surface area (Å²) < 4.78 is 47.0. The fourth-order valence-electron chi connectivity index (χ4n) is 4.27. The molecule has 0 saturated heterocycles. The quantitative estimate of drug-likeness (QED) is 0.339. The van der Waals surface area contributed by atoms with Crippen LogP contribution in [-0.2, 0) is 32.6 Å². The van der Waals surface area contributed by atoms with Gasteiger partial charge in [0, 0.05) is 29.1 Å². The number of carbonyl (C=O) groups is 2. The third-order valence-electron chi connectivity index (χ3n) is 6.16. The molecule has 2 amide bonds. The molecule has 1 atom stereocenters. The van der Waals surface area contributed by atoms with Crippen molar-refractivity contribution in [3.05, 3.63) is 94.8 Å². The van der Waals surface area contributed by atoms with Crippen molar-refractivity contribution in [2.75, 3.05) is 24.2 Å². The van der Waals surface area contributed by atoms with Gasteiger partial charge < -0.3 is 15.0 Å². The summed E-state index contributed by atoms with van der Waals surface area (Å²) >= 11 is 6.17. The molecule has 0 bridgehead atoms. The van der Waals surface area contributed by atoms with Crippen LogP contribution in [0.25, 0.3) is 0 Å². The smallest absolute Gasteiger partial charge is 0.244 e. The van der Waals surface area contributed by atoms with Crippen molar-refractivity contribution in [3.8, 4) is 5.75 Å². The van der Waals surface area contributed by atoms with E-state index in [0.29, 0.717) is 0 Å². The summed E-state index contributed by atoms with van der Waals surface area (Å²) in [7, 11) is -2.67. The largest absolute Gasteiger partial charge is 0.495 e. The average Bonchev–Trinajstić information content (AvgIpc) is 2.89. The van der Waals surface area contributed by atoms with E-state index in [1.165, 1.54) is 48.4 Å². The summed E-state index contributed by atoms with van der Waals surface area (Å²) in [6.45, 7) is 4.47. The highest BCUT2D eigenvalue weighted by Gasteiger charge is 2.35. The van der Waals surface area contributed by atoms with Crippen LogP contribution < -0.4 is 14.4 Å². The topological polar surface area (TPSA) is 96.0 Å². The van der Waals surface area contributed by atoms with Gasteiger partial charge in [-0.25, -0.2) is 12.8 Å². The van der Waals surface area contributed by atoms with E-state index in [0.717, 1.165) is 16.1 Å². The minimum Gasteiger partial charge on any atom is -0.495 e. The molecule has 0 aliphatic rings. The van der Waals surface area contributed by atoms with Gasteiger partial charge in [-0.1, -0.05) is 60.1 Å². The predicted octanol–water partition coefficient (Wildman–Crippen LogP) is 4.81. The van der Waals surface area contributed by atoms with E-state index in [-0.39, 0.29) is 35.0 Å². The maximum atomic E-state index is 14.9. The molecule has 0 saturated carbocycles. The van der Waals surface area contributed by atoms with Gasteiger partial charge in [0.2, 0.25) is 21.8 Å². The zero-order chi connectivity index (χ0) is 30.4. The van der Waals surface area contributed by atoms with Crippen molar-refractivity contribution in [1.29, 1.82) is 0 Å². The average molecular weight is 604 g/mol. The van der Waals surface area contributed by atoms with Gasteiger partial charge in [0.1, 0.15) is 24.2 Å². The van der Waals surface area contributed by atoms with Crippen molar-refractivity contribution in [1.82, 2.24) is 10.2 Å². The van der Waals surface area contributed by atoms with Crippen LogP contribution in [0.15, 0.2) is 72.8 Å². The van der Waals surface area contributed by atoms with Gasteiger partial charge in [0.15, 0.2) is 0 Å². The van der Waals surface area contributed by atoms with Crippen LogP contribution >= 0.6 is 11.6 Å². The first-order valence-corrected chi connectivity index (χ1v) is 15.1. The van der Waals surface area contributed by atoms with Gasteiger partial charge >= 0.3 is 0 Å². The lowest BCUT2D eigenvalue weighted by Crippen LogP contribution is -2.56. The Morgan fingerprint density at radius 1 is 1.02 bits per heavy atom. The first-order valence-electron chi connectivity index (χ1n) is 12.9. The number of benzene rings is 3. The Balaban J connectivity index is 2.13. The van der Waals surface area contributed by atoms with Gasteiger partial charge in [-0.05, 0) is 50.6 Å². The second kappa shape index (κ2) is 13.4. The normalized spacial score (nSPS) is 12.4. The molecule has 0 spiro atoms. The van der Waals surface area contributed by atoms with Crippen molar-refractivity contribution >= 4 is 39.1 Å². The fourth-order valence-corrected chi connectivity index (χ4v) is 5.28. The van der Waals surface area contributed by atoms with Crippen LogP contribution in [0.5, 0.6) is 5.75 Å². The van der Waals surface area contributed by atoms with Crippen LogP contribution in [0.1, 0.15) is 31.9 Å². The van der Waals surface area contributed by atoms with Crippen molar-refractivity contribution in [3.63, 3.8) is 0 Å². The minimum atomic E-state index is -4.04. The Labute approximate surface area is 246 Å². The molecule has 0 radical (unpaired) electrons. The summed E-state index contributed by atoms with van der Waals surface area (Å²) in [6.07, 6.45) is 1.07. The van der Waals surface area contributed by atoms with Gasteiger partial charge in [-0.15, -0.1) is 0 Å². The number of nitrogens with one attached hydrogen (secondary N) is 1. The predicted molar refractivity (Wildman–Crippen MR) is 159 cm³/mol. The summed E-state index contributed by atoms with van der Waals surface area (Å²) in [5, 5.41) is 3.15. The standard InChI is InChI=1S/C30H35ClFN3O5S/c1-30(2,3)33-29(37)26(17-21-11-7-6-8-12-21)34(19-22-13-9-10-14-24(22)32)28(36)20-35(41(5,38)39)25-18-23(31)15-16-27(25)40-4/h6-16,18,26H,17,19-20H2,1-5H3,(H,33,37). The van der Waals surface area contributed by atoms with E-state index in [9.17, 15) is 22.4 Å². The lowest BCUT2D eigenvalue weighted by atomic mass is 10.0. The van der Waals surface area contributed by atoms with Gasteiger partial charge in [-0.3, -0.25) is 13.9 Å². The van der Waals surface area contributed by atoms with Crippen LogP contribution in [0.2, 0.25) is 5.02 Å². The van der Waals surface area contributed by atoms with Crippen molar-refractivity contribution in [2.24, 2.45) is 0 Å². The van der Waals surface area contributed by atoms with E-state index in [1.54, 1.807) is 6.07 Å². The number of anilines is 1. The SMILES string of the molecule is COc1ccc(Cl)cc1N(CC(=O)N(Cc1ccccc1F)C(Cc1ccccc1)C(=O)NC(C)(C)C)S(C)(=O)=O. The number of hydrogen-bond acceptors (Lipinski definition) is 5. The second-order valence-corrected chi connectivity index (χ2v) is 13.0. The summed E-state index contributed by atoms with van der Waals surface area (Å²) in [4.78, 5) is 29.1. The van der Waals surface area contributed by atoms with E-state index in [1.807, 2.05) is 51.1 Å². The van der Waals surface area contributed by atoms with Gasteiger partial charge in [0.25, 0.3) is 0 Å². The Morgan fingerprint density at radius 3 is 2.24 bits per heavy atom. The molecule has 0 aliphatic carbocycles. The molecule has 0 aliphatic heterocycles. The Morgan fingerprint density at radius 2 is 1.66 bits per heavy atom. The molecule has 3 rings (SSSR count). The van der Waals surface area contributed by atoms with Crippen molar-refractivity contribution in [2.45, 2.75) is 45.3 Å². The summed E-state index contributed by atoms with van der Waals surface area (Å²) in [5.74, 6) is -1.56. The molecule has 3 aromatic rings. The number of sulfonamides is 1. The van der Waals surface area contributed by atoms with Crippen LogP contribution in [-0.4, -0.2) is 56.6 Å². The maximum Gasteiger partial charge on any atom is 0.244 e. The molecule has 1 unspecified atom stereocenters. The first kappa shape index (κ1) is 31.9. The molecule has 0 aromatic heterocycles. The molecular weight excluding hydrogens is 569 g/mol. The Kier molecular flexibility index (Phi) is 10.4. The number of carbonyl (C=O) groups excluding carboxylic acids is 2. The van der Waals surface area contributed by atoms with E-state index in [4.69, 9.17) is 16.3 Å². The van der Waals surface area contributed by atoms with Crippen molar-refractivity contribution < 1.29 is 27.1 Å². The lowest BCUT2D eigenvalue weighted by molar-refractivity contribution is -0.140. The number of amides is 2. The zero-order valence-corrected chi connectivity index (χ0v) is 25.3. The number of halogens is 2. The van der Waals surface area contributed by atoms with E-state index < -0.39 is 45.8 Å². The third kappa shape index (κ3) is 8.93. The number of nitrogens with zero attached hydrogens (tertiary/aromatic N) is 2. The number of methoxy groups -OCH3 is 1. The number of hydrogen-bond donors (Lipinski definition) is 1. The highest BCUT2D eigenvalue weighted by molar-refractivity contribution is 7.92. The zero-order valence-electron chi connectivity index (χ0n) is 23.7. The lowest BCUT2D eigenvalue weighted by Gasteiger charge is -2.35. The molecular formula is C30H35ClFN3O5S. The van der Waals surface area contributed by atoms with Crippen LogP contribution in [0.3, 0.4) is 0 Å². The highest BCUT2D eigenvalue weighted by atomic mass is 35.5. The highest BCUT2D eigenvalue weighted by Crippen LogP contribution is 2.33. The molecule has 41 heavy (non-hydrogen) atoms. The van der Waals surface area contributed by atoms with Gasteiger partial charge in [-0.2, -0.15) is 0 Å².